The Morgan fingerprint density at radius 3 is 1.21 bits per heavy atom. The van der Waals surface area contributed by atoms with Gasteiger partial charge in [0.2, 0.25) is 0 Å². The van der Waals surface area contributed by atoms with Crippen LogP contribution < -0.4 is 11.1 Å². The van der Waals surface area contributed by atoms with Crippen LogP contribution in [0, 0.1) is 11.6 Å². The van der Waals surface area contributed by atoms with Gasteiger partial charge in [0, 0.05) is 36.7 Å². The Labute approximate surface area is 233 Å². The lowest BCUT2D eigenvalue weighted by atomic mass is 10.1. The number of rotatable bonds is 2. The first-order chi connectivity index (χ1) is 19.9. The molecule has 0 bridgehead atoms. The number of phenolic OH excluding ortho intramolecular Hbond substituents is 6. The number of nitrogens with zero attached hydrogens (tertiary/aromatic N) is 2. The minimum Gasteiger partial charge on any atom is -0.508 e. The van der Waals surface area contributed by atoms with Gasteiger partial charge in [0.15, 0.2) is 23.1 Å². The van der Waals surface area contributed by atoms with Crippen LogP contribution in [-0.4, -0.2) is 39.8 Å². The molecule has 0 saturated carbocycles. The van der Waals surface area contributed by atoms with Gasteiger partial charge < -0.3 is 30.6 Å². The van der Waals surface area contributed by atoms with Crippen LogP contribution in [-0.2, 0) is 0 Å². The molecule has 0 spiro atoms. The van der Waals surface area contributed by atoms with E-state index >= 15 is 0 Å². The van der Waals surface area contributed by atoms with Gasteiger partial charge in [-0.05, 0) is 59.3 Å². The number of hydrogen-bond donors (Lipinski definition) is 6. The van der Waals surface area contributed by atoms with E-state index in [9.17, 15) is 49.0 Å². The first kappa shape index (κ1) is 27.5. The third kappa shape index (κ3) is 4.99. The number of aromatic nitrogens is 2. The van der Waals surface area contributed by atoms with Crippen molar-refractivity contribution in [1.82, 2.24) is 9.13 Å². The average Bonchev–Trinajstić information content (AvgIpc) is 2.92. The van der Waals surface area contributed by atoms with Crippen LogP contribution in [0.1, 0.15) is 0 Å². The number of pyridine rings is 2. The number of fused-ring (bicyclic) bond motifs is 2. The summed E-state index contributed by atoms with van der Waals surface area (Å²) in [5.41, 5.74) is -0.695. The maximum Gasteiger partial charge on any atom is 0.266 e. The van der Waals surface area contributed by atoms with Crippen molar-refractivity contribution in [2.45, 2.75) is 0 Å². The zero-order valence-electron chi connectivity index (χ0n) is 21.2. The minimum atomic E-state index is -0.852. The van der Waals surface area contributed by atoms with E-state index in [-0.39, 0.29) is 45.1 Å². The van der Waals surface area contributed by atoms with E-state index in [1.165, 1.54) is 48.8 Å². The summed E-state index contributed by atoms with van der Waals surface area (Å²) in [5, 5.41) is 57.6. The molecule has 6 N–H and O–H groups in total. The Morgan fingerprint density at radius 2 is 0.857 bits per heavy atom. The molecule has 6 rings (SSSR count). The fourth-order valence-corrected chi connectivity index (χ4v) is 4.38. The molecular formula is C30H20F2N2O8. The molecule has 212 valence electrons. The van der Waals surface area contributed by atoms with Crippen molar-refractivity contribution in [2.24, 2.45) is 0 Å². The molecule has 4 aromatic carbocycles. The quantitative estimate of drug-likeness (QED) is 0.176. The van der Waals surface area contributed by atoms with Crippen LogP contribution >= 0.6 is 0 Å². The van der Waals surface area contributed by atoms with E-state index in [0.717, 1.165) is 45.5 Å². The van der Waals surface area contributed by atoms with E-state index in [0.29, 0.717) is 10.8 Å². The highest BCUT2D eigenvalue weighted by Gasteiger charge is 2.13. The molecule has 10 nitrogen and oxygen atoms in total. The van der Waals surface area contributed by atoms with E-state index in [1.807, 2.05) is 0 Å². The number of hydrogen-bond acceptors (Lipinski definition) is 8. The van der Waals surface area contributed by atoms with Gasteiger partial charge in [-0.1, -0.05) is 0 Å². The van der Waals surface area contributed by atoms with E-state index in [2.05, 4.69) is 0 Å². The summed E-state index contributed by atoms with van der Waals surface area (Å²) >= 11 is 0. The Kier molecular flexibility index (Phi) is 6.88. The SMILES string of the molecule is O=c1c2c(O)cc(O)cc2ccn1-c1ccc(O)c(F)c1.O=c1c2c(O)cc(O)cc2ccn1-c1ccc(O)c(F)c1. The number of phenols is 6. The molecule has 0 radical (unpaired) electrons. The molecular weight excluding hydrogens is 554 g/mol. The average molecular weight is 574 g/mol. The van der Waals surface area contributed by atoms with Crippen molar-refractivity contribution in [3.63, 3.8) is 0 Å². The molecule has 0 aliphatic carbocycles. The summed E-state index contributed by atoms with van der Waals surface area (Å²) in [6.07, 6.45) is 2.80. The third-order valence-electron chi connectivity index (χ3n) is 6.36. The number of aromatic hydroxyl groups is 6. The summed E-state index contributed by atoms with van der Waals surface area (Å²) in [5.74, 6) is -3.77. The second-order valence-corrected chi connectivity index (χ2v) is 9.11. The van der Waals surface area contributed by atoms with Crippen molar-refractivity contribution < 1.29 is 39.4 Å². The Bertz CT molecular complexity index is 1990. The van der Waals surface area contributed by atoms with Gasteiger partial charge in [0.1, 0.15) is 23.0 Å². The van der Waals surface area contributed by atoms with Gasteiger partial charge in [-0.3, -0.25) is 18.7 Å². The lowest BCUT2D eigenvalue weighted by Gasteiger charge is -2.09. The second-order valence-electron chi connectivity index (χ2n) is 9.11. The number of benzene rings is 4. The molecule has 0 unspecified atom stereocenters. The maximum atomic E-state index is 13.4. The molecule has 0 aliphatic rings. The fraction of sp³-hybridized carbons (Fsp3) is 0. The Morgan fingerprint density at radius 1 is 0.476 bits per heavy atom. The fourth-order valence-electron chi connectivity index (χ4n) is 4.38. The van der Waals surface area contributed by atoms with Crippen LogP contribution in [0.3, 0.4) is 0 Å². The minimum absolute atomic E-state index is 0.0174. The van der Waals surface area contributed by atoms with Gasteiger partial charge >= 0.3 is 0 Å². The smallest absolute Gasteiger partial charge is 0.266 e. The molecule has 0 aliphatic heterocycles. The molecule has 2 heterocycles. The summed E-state index contributed by atoms with van der Waals surface area (Å²) < 4.78 is 29.1. The summed E-state index contributed by atoms with van der Waals surface area (Å²) in [6, 6.07) is 14.9. The maximum absolute atomic E-state index is 13.4. The first-order valence-corrected chi connectivity index (χ1v) is 12.1. The molecule has 0 fully saturated rings. The van der Waals surface area contributed by atoms with Crippen molar-refractivity contribution in [3.05, 3.63) is 118 Å². The summed E-state index contributed by atoms with van der Waals surface area (Å²) in [7, 11) is 0. The predicted octanol–water partition coefficient (Wildman–Crippen LogP) is 4.49. The van der Waals surface area contributed by atoms with Crippen LogP contribution in [0.5, 0.6) is 34.5 Å². The lowest BCUT2D eigenvalue weighted by Crippen LogP contribution is -2.17. The van der Waals surface area contributed by atoms with E-state index < -0.39 is 34.3 Å². The molecule has 0 amide bonds. The molecule has 0 atom stereocenters. The highest BCUT2D eigenvalue weighted by atomic mass is 19.1. The zero-order valence-corrected chi connectivity index (χ0v) is 21.2. The van der Waals surface area contributed by atoms with Crippen LogP contribution in [0.2, 0.25) is 0 Å². The van der Waals surface area contributed by atoms with Crippen molar-refractivity contribution in [2.75, 3.05) is 0 Å². The molecule has 42 heavy (non-hydrogen) atoms. The molecule has 2 aromatic heterocycles. The highest BCUT2D eigenvalue weighted by molar-refractivity contribution is 5.89. The van der Waals surface area contributed by atoms with Gasteiger partial charge in [-0.15, -0.1) is 0 Å². The van der Waals surface area contributed by atoms with E-state index in [1.54, 1.807) is 0 Å². The second kappa shape index (κ2) is 10.5. The van der Waals surface area contributed by atoms with Gasteiger partial charge in [-0.2, -0.15) is 0 Å². The molecule has 0 saturated heterocycles. The van der Waals surface area contributed by atoms with Crippen molar-refractivity contribution in [3.8, 4) is 45.9 Å². The zero-order chi connectivity index (χ0) is 30.3. The highest BCUT2D eigenvalue weighted by Crippen LogP contribution is 2.29. The Balaban J connectivity index is 0.000000168. The topological polar surface area (TPSA) is 165 Å². The molecule has 6 aromatic rings. The van der Waals surface area contributed by atoms with Gasteiger partial charge in [-0.25, -0.2) is 8.78 Å². The largest absolute Gasteiger partial charge is 0.508 e. The van der Waals surface area contributed by atoms with E-state index in [4.69, 9.17) is 0 Å². The van der Waals surface area contributed by atoms with Gasteiger partial charge in [0.25, 0.3) is 11.1 Å². The van der Waals surface area contributed by atoms with Crippen molar-refractivity contribution >= 4 is 21.5 Å². The lowest BCUT2D eigenvalue weighted by molar-refractivity contribution is 0.432. The summed E-state index contributed by atoms with van der Waals surface area (Å²) in [6.45, 7) is 0. The Hall–Kier alpha value is -6.04. The standard InChI is InChI=1S/2C15H10FNO4/c2*16-11-6-9(1-2-12(11)19)17-4-3-8-5-10(18)7-13(20)14(8)15(17)21/h2*1-7,18-20H. The summed E-state index contributed by atoms with van der Waals surface area (Å²) in [4.78, 5) is 24.8. The normalized spacial score (nSPS) is 10.9. The van der Waals surface area contributed by atoms with Gasteiger partial charge in [0.05, 0.1) is 22.1 Å². The number of halogens is 2. The predicted molar refractivity (Wildman–Crippen MR) is 149 cm³/mol. The van der Waals surface area contributed by atoms with Crippen LogP contribution in [0.25, 0.3) is 32.9 Å². The first-order valence-electron chi connectivity index (χ1n) is 12.1. The monoisotopic (exact) mass is 574 g/mol. The van der Waals surface area contributed by atoms with Crippen LogP contribution in [0.15, 0.2) is 94.8 Å². The van der Waals surface area contributed by atoms with Crippen LogP contribution in [0.4, 0.5) is 8.78 Å². The van der Waals surface area contributed by atoms with Crippen molar-refractivity contribution in [1.29, 1.82) is 0 Å². The third-order valence-corrected chi connectivity index (χ3v) is 6.36. The molecule has 12 heteroatoms.